The molecule has 1 aromatic rings. The molecule has 3 heterocycles. The Morgan fingerprint density at radius 3 is 2.68 bits per heavy atom. The van der Waals surface area contributed by atoms with Crippen molar-refractivity contribution < 1.29 is 14.3 Å². The van der Waals surface area contributed by atoms with Crippen molar-refractivity contribution in [1.82, 2.24) is 10.6 Å². The molecule has 1 amide bonds. The second-order valence-corrected chi connectivity index (χ2v) is 6.83. The molecule has 0 spiro atoms. The van der Waals surface area contributed by atoms with Crippen LogP contribution in [-0.4, -0.2) is 30.8 Å². The van der Waals surface area contributed by atoms with Gasteiger partial charge in [-0.05, 0) is 53.7 Å². The Morgan fingerprint density at radius 1 is 1.23 bits per heavy atom. The number of fused-ring (bicyclic) bond motifs is 3. The number of ether oxygens (including phenoxy) is 2. The van der Waals surface area contributed by atoms with E-state index in [4.69, 9.17) is 9.47 Å². The Hall–Kier alpha value is -0.980. The predicted octanol–water partition coefficient (Wildman–Crippen LogP) is 2.61. The van der Waals surface area contributed by atoms with Crippen molar-refractivity contribution in [3.8, 4) is 11.5 Å². The first kappa shape index (κ1) is 15.9. The van der Waals surface area contributed by atoms with E-state index >= 15 is 0 Å². The zero-order chi connectivity index (χ0) is 14.4. The third kappa shape index (κ3) is 2.92. The molecule has 0 aromatic heterocycles. The highest BCUT2D eigenvalue weighted by Gasteiger charge is 2.34. The van der Waals surface area contributed by atoms with Gasteiger partial charge in [-0.15, -0.1) is 12.4 Å². The van der Waals surface area contributed by atoms with Gasteiger partial charge in [-0.3, -0.25) is 4.79 Å². The van der Waals surface area contributed by atoms with Gasteiger partial charge in [-0.2, -0.15) is 0 Å². The Balaban J connectivity index is 0.00000144. The number of amides is 1. The van der Waals surface area contributed by atoms with Crippen LogP contribution in [0.25, 0.3) is 0 Å². The Kier molecular flexibility index (Phi) is 4.52. The molecule has 2 N–H and O–H groups in total. The molecule has 120 valence electrons. The lowest BCUT2D eigenvalue weighted by Gasteiger charge is -2.29. The molecule has 2 atom stereocenters. The quantitative estimate of drug-likeness (QED) is 0.816. The molecule has 3 aliphatic rings. The van der Waals surface area contributed by atoms with E-state index in [2.05, 4.69) is 26.6 Å². The molecule has 4 rings (SSSR count). The second kappa shape index (κ2) is 6.26. The number of piperidine rings is 1. The summed E-state index contributed by atoms with van der Waals surface area (Å²) in [5.74, 6) is 1.26. The van der Waals surface area contributed by atoms with Gasteiger partial charge in [-0.25, -0.2) is 0 Å². The van der Waals surface area contributed by atoms with Crippen molar-refractivity contribution in [2.45, 2.75) is 43.8 Å². The van der Waals surface area contributed by atoms with Gasteiger partial charge >= 0.3 is 0 Å². The summed E-state index contributed by atoms with van der Waals surface area (Å²) in [7, 11) is 0. The fraction of sp³-hybridized carbons (Fsp3) is 0.533. The molecule has 22 heavy (non-hydrogen) atoms. The van der Waals surface area contributed by atoms with Crippen LogP contribution in [0.4, 0.5) is 0 Å². The fourth-order valence-corrected chi connectivity index (χ4v) is 4.10. The summed E-state index contributed by atoms with van der Waals surface area (Å²) in [5, 5.41) is 6.74. The smallest absolute Gasteiger partial charge is 0.251 e. The second-order valence-electron chi connectivity index (χ2n) is 5.97. The molecule has 1 aromatic carbocycles. The van der Waals surface area contributed by atoms with Crippen molar-refractivity contribution in [3.63, 3.8) is 0 Å². The maximum atomic E-state index is 12.4. The molecule has 0 radical (unpaired) electrons. The van der Waals surface area contributed by atoms with E-state index in [1.807, 2.05) is 0 Å². The van der Waals surface area contributed by atoms with Crippen molar-refractivity contribution in [2.75, 3.05) is 6.79 Å². The van der Waals surface area contributed by atoms with Crippen molar-refractivity contribution in [3.05, 3.63) is 22.2 Å². The lowest BCUT2D eigenvalue weighted by Crippen LogP contribution is -2.48. The SMILES string of the molecule is Cl.O=C(NC1CC2CCC(C1)N2)c1cc(Br)c2c(c1)OCO2. The average molecular weight is 390 g/mol. The summed E-state index contributed by atoms with van der Waals surface area (Å²) >= 11 is 3.43. The number of hydrogen-bond acceptors (Lipinski definition) is 4. The summed E-state index contributed by atoms with van der Waals surface area (Å²) in [5.41, 5.74) is 0.608. The van der Waals surface area contributed by atoms with E-state index < -0.39 is 0 Å². The minimum Gasteiger partial charge on any atom is -0.454 e. The molecule has 5 nitrogen and oxygen atoms in total. The van der Waals surface area contributed by atoms with E-state index in [9.17, 15) is 4.79 Å². The van der Waals surface area contributed by atoms with Crippen LogP contribution in [0, 0.1) is 0 Å². The number of benzene rings is 1. The Bertz CT molecular complexity index is 586. The first-order valence-electron chi connectivity index (χ1n) is 7.35. The lowest BCUT2D eigenvalue weighted by atomic mass is 9.99. The van der Waals surface area contributed by atoms with Gasteiger partial charge in [0, 0.05) is 23.7 Å². The van der Waals surface area contributed by atoms with E-state index in [0.29, 0.717) is 29.1 Å². The monoisotopic (exact) mass is 388 g/mol. The first-order chi connectivity index (χ1) is 10.2. The zero-order valence-corrected chi connectivity index (χ0v) is 14.3. The maximum Gasteiger partial charge on any atom is 0.251 e. The largest absolute Gasteiger partial charge is 0.454 e. The lowest BCUT2D eigenvalue weighted by molar-refractivity contribution is 0.0923. The van der Waals surface area contributed by atoms with Crippen molar-refractivity contribution in [1.29, 1.82) is 0 Å². The van der Waals surface area contributed by atoms with Gasteiger partial charge in [0.25, 0.3) is 5.91 Å². The van der Waals surface area contributed by atoms with Gasteiger partial charge in [0.15, 0.2) is 11.5 Å². The van der Waals surface area contributed by atoms with E-state index in [1.54, 1.807) is 12.1 Å². The van der Waals surface area contributed by atoms with E-state index in [1.165, 1.54) is 12.8 Å². The molecular formula is C15H18BrClN2O3. The maximum absolute atomic E-state index is 12.4. The van der Waals surface area contributed by atoms with Crippen LogP contribution in [0.15, 0.2) is 16.6 Å². The summed E-state index contributed by atoms with van der Waals surface area (Å²) in [6.45, 7) is 0.205. The van der Waals surface area contributed by atoms with Gasteiger partial charge in [-0.1, -0.05) is 0 Å². The minimum atomic E-state index is -0.0414. The normalized spacial score (nSPS) is 28.1. The van der Waals surface area contributed by atoms with Gasteiger partial charge in [0.2, 0.25) is 6.79 Å². The number of rotatable bonds is 2. The minimum absolute atomic E-state index is 0. The first-order valence-corrected chi connectivity index (χ1v) is 8.14. The molecule has 0 saturated carbocycles. The van der Waals surface area contributed by atoms with Crippen LogP contribution < -0.4 is 20.1 Å². The van der Waals surface area contributed by atoms with Crippen LogP contribution in [0.1, 0.15) is 36.0 Å². The fourth-order valence-electron chi connectivity index (χ4n) is 3.54. The molecule has 2 bridgehead atoms. The number of carbonyl (C=O) groups is 1. The topological polar surface area (TPSA) is 59.6 Å². The van der Waals surface area contributed by atoms with Gasteiger partial charge < -0.3 is 20.1 Å². The van der Waals surface area contributed by atoms with Crippen molar-refractivity contribution in [2.24, 2.45) is 0 Å². The number of carbonyl (C=O) groups excluding carboxylic acids is 1. The third-order valence-corrected chi connectivity index (χ3v) is 5.09. The third-order valence-electron chi connectivity index (χ3n) is 4.50. The number of hydrogen-bond donors (Lipinski definition) is 2. The van der Waals surface area contributed by atoms with E-state index in [-0.39, 0.29) is 31.1 Å². The van der Waals surface area contributed by atoms with Crippen LogP contribution >= 0.6 is 28.3 Å². The number of nitrogens with one attached hydrogen (secondary N) is 2. The molecule has 7 heteroatoms. The standard InChI is InChI=1S/C15H17BrN2O3.ClH/c16-12-3-8(4-13-14(12)21-7-20-13)15(19)18-11-5-9-1-2-10(6-11)17-9;/h3-4,9-11,17H,1-2,5-7H2,(H,18,19);1H. The molecular weight excluding hydrogens is 372 g/mol. The highest BCUT2D eigenvalue weighted by atomic mass is 79.9. The summed E-state index contributed by atoms with van der Waals surface area (Å²) in [6.07, 6.45) is 4.50. The van der Waals surface area contributed by atoms with E-state index in [0.717, 1.165) is 17.3 Å². The summed E-state index contributed by atoms with van der Waals surface area (Å²) in [6, 6.07) is 4.94. The van der Waals surface area contributed by atoms with Gasteiger partial charge in [0.05, 0.1) is 4.47 Å². The molecule has 2 unspecified atom stereocenters. The van der Waals surface area contributed by atoms with Crippen LogP contribution in [0.5, 0.6) is 11.5 Å². The summed E-state index contributed by atoms with van der Waals surface area (Å²) in [4.78, 5) is 12.4. The molecule has 3 aliphatic heterocycles. The Morgan fingerprint density at radius 2 is 1.95 bits per heavy atom. The highest BCUT2D eigenvalue weighted by molar-refractivity contribution is 9.10. The number of halogens is 2. The highest BCUT2D eigenvalue weighted by Crippen LogP contribution is 2.40. The van der Waals surface area contributed by atoms with Crippen LogP contribution in [0.3, 0.4) is 0 Å². The Labute approximate surface area is 143 Å². The molecule has 0 aliphatic carbocycles. The molecule has 2 fully saturated rings. The summed E-state index contributed by atoms with van der Waals surface area (Å²) < 4.78 is 11.5. The average Bonchev–Trinajstić information content (AvgIpc) is 3.05. The zero-order valence-electron chi connectivity index (χ0n) is 11.9. The molecule has 2 saturated heterocycles. The van der Waals surface area contributed by atoms with Gasteiger partial charge in [0.1, 0.15) is 0 Å². The van der Waals surface area contributed by atoms with Crippen LogP contribution in [-0.2, 0) is 0 Å². The van der Waals surface area contributed by atoms with Crippen LogP contribution in [0.2, 0.25) is 0 Å². The van der Waals surface area contributed by atoms with Crippen molar-refractivity contribution >= 4 is 34.2 Å². The predicted molar refractivity (Wildman–Crippen MR) is 87.9 cm³/mol.